The summed E-state index contributed by atoms with van der Waals surface area (Å²) in [7, 11) is 0. The average molecular weight is 196 g/mol. The predicted octanol–water partition coefficient (Wildman–Crippen LogP) is 3.30. The lowest BCUT2D eigenvalue weighted by Crippen LogP contribution is -1.75. The minimum absolute atomic E-state index is 0.716. The molecule has 0 aliphatic heterocycles. The van der Waals surface area contributed by atoms with Crippen LogP contribution in [0, 0.1) is 25.7 Å². The first-order chi connectivity index (χ1) is 7.24. The van der Waals surface area contributed by atoms with Crippen molar-refractivity contribution >= 4 is 0 Å². The third kappa shape index (κ3) is 2.51. The Kier molecular flexibility index (Phi) is 2.60. The number of rotatable bonds is 0. The highest BCUT2D eigenvalue weighted by Gasteiger charge is 1.92. The summed E-state index contributed by atoms with van der Waals surface area (Å²) >= 11 is 0. The van der Waals surface area contributed by atoms with Gasteiger partial charge in [-0.1, -0.05) is 23.6 Å². The van der Waals surface area contributed by atoms with Crippen LogP contribution in [0.3, 0.4) is 0 Å². The molecule has 1 aromatic carbocycles. The maximum atomic E-state index is 5.36. The summed E-state index contributed by atoms with van der Waals surface area (Å²) in [5.41, 5.74) is 2.25. The molecule has 0 aliphatic carbocycles. The Morgan fingerprint density at radius 3 is 2.20 bits per heavy atom. The molecular weight excluding hydrogens is 184 g/mol. The molecule has 0 unspecified atom stereocenters. The molecule has 74 valence electrons. The van der Waals surface area contributed by atoms with Crippen molar-refractivity contribution in [2.24, 2.45) is 0 Å². The summed E-state index contributed by atoms with van der Waals surface area (Å²) in [5, 5.41) is 0. The monoisotopic (exact) mass is 196 g/mol. The van der Waals surface area contributed by atoms with Crippen molar-refractivity contribution in [3.8, 4) is 11.8 Å². The van der Waals surface area contributed by atoms with E-state index in [4.69, 9.17) is 4.42 Å². The number of hydrogen-bond donors (Lipinski definition) is 0. The summed E-state index contributed by atoms with van der Waals surface area (Å²) in [6.07, 6.45) is 0. The maximum absolute atomic E-state index is 5.36. The van der Waals surface area contributed by atoms with Gasteiger partial charge in [0.15, 0.2) is 5.76 Å². The fraction of sp³-hybridized carbons (Fsp3) is 0.143. The Morgan fingerprint density at radius 2 is 1.60 bits per heavy atom. The molecule has 2 rings (SSSR count). The van der Waals surface area contributed by atoms with Crippen LogP contribution in [-0.4, -0.2) is 0 Å². The minimum Gasteiger partial charge on any atom is -0.453 e. The Labute approximate surface area is 89.7 Å². The van der Waals surface area contributed by atoms with Gasteiger partial charge in [-0.2, -0.15) is 0 Å². The van der Waals surface area contributed by atoms with E-state index in [1.807, 2.05) is 31.2 Å². The van der Waals surface area contributed by atoms with E-state index in [2.05, 4.69) is 30.9 Å². The van der Waals surface area contributed by atoms with Crippen molar-refractivity contribution in [2.45, 2.75) is 13.8 Å². The van der Waals surface area contributed by atoms with Gasteiger partial charge in [-0.15, -0.1) is 0 Å². The van der Waals surface area contributed by atoms with Crippen LogP contribution in [0.2, 0.25) is 0 Å². The van der Waals surface area contributed by atoms with Gasteiger partial charge in [0.05, 0.1) is 0 Å². The molecule has 0 saturated heterocycles. The molecule has 0 N–H and O–H groups in total. The number of furan rings is 1. The highest BCUT2D eigenvalue weighted by atomic mass is 16.3. The van der Waals surface area contributed by atoms with E-state index in [0.29, 0.717) is 5.76 Å². The van der Waals surface area contributed by atoms with Gasteiger partial charge < -0.3 is 4.42 Å². The SMILES string of the molecule is Cc1ccc(C#Cc2ccc(C)o2)cc1. The normalized spacial score (nSPS) is 9.47. The fourth-order valence-electron chi connectivity index (χ4n) is 1.27. The van der Waals surface area contributed by atoms with E-state index in [-0.39, 0.29) is 0 Å². The third-order valence-corrected chi connectivity index (χ3v) is 2.12. The molecule has 0 saturated carbocycles. The molecule has 0 atom stereocenters. The molecule has 0 radical (unpaired) electrons. The van der Waals surface area contributed by atoms with Crippen LogP contribution in [0.1, 0.15) is 22.6 Å². The average Bonchev–Trinajstić information content (AvgIpc) is 2.64. The molecule has 0 amide bonds. The molecular formula is C14H12O. The van der Waals surface area contributed by atoms with Crippen molar-refractivity contribution in [1.82, 2.24) is 0 Å². The molecule has 1 heteroatoms. The van der Waals surface area contributed by atoms with E-state index in [1.54, 1.807) is 0 Å². The van der Waals surface area contributed by atoms with Gasteiger partial charge in [0, 0.05) is 5.56 Å². The van der Waals surface area contributed by atoms with E-state index in [1.165, 1.54) is 5.56 Å². The summed E-state index contributed by atoms with van der Waals surface area (Å²) in [4.78, 5) is 0. The highest BCUT2D eigenvalue weighted by Crippen LogP contribution is 2.05. The summed E-state index contributed by atoms with van der Waals surface area (Å²) < 4.78 is 5.36. The van der Waals surface area contributed by atoms with Crippen LogP contribution in [0.25, 0.3) is 0 Å². The fourth-order valence-corrected chi connectivity index (χ4v) is 1.27. The number of aryl methyl sites for hydroxylation is 2. The second-order valence-corrected chi connectivity index (χ2v) is 3.53. The zero-order chi connectivity index (χ0) is 10.7. The molecule has 0 bridgehead atoms. The largest absolute Gasteiger partial charge is 0.453 e. The minimum atomic E-state index is 0.716. The Bertz CT molecular complexity index is 506. The molecule has 1 heterocycles. The van der Waals surface area contributed by atoms with Crippen molar-refractivity contribution in [3.05, 3.63) is 59.0 Å². The van der Waals surface area contributed by atoms with Crippen LogP contribution in [0.4, 0.5) is 0 Å². The molecule has 0 spiro atoms. The quantitative estimate of drug-likeness (QED) is 0.589. The van der Waals surface area contributed by atoms with Gasteiger partial charge in [0.25, 0.3) is 0 Å². The van der Waals surface area contributed by atoms with Crippen LogP contribution in [-0.2, 0) is 0 Å². The van der Waals surface area contributed by atoms with Crippen molar-refractivity contribution in [1.29, 1.82) is 0 Å². The van der Waals surface area contributed by atoms with Gasteiger partial charge in [0.2, 0.25) is 0 Å². The lowest BCUT2D eigenvalue weighted by molar-refractivity contribution is 0.522. The first-order valence-electron chi connectivity index (χ1n) is 4.89. The molecule has 0 aliphatic rings. The van der Waals surface area contributed by atoms with Crippen LogP contribution >= 0.6 is 0 Å². The number of benzene rings is 1. The smallest absolute Gasteiger partial charge is 0.177 e. The van der Waals surface area contributed by atoms with Gasteiger partial charge in [-0.05, 0) is 44.0 Å². The molecule has 2 aromatic rings. The zero-order valence-corrected chi connectivity index (χ0v) is 8.87. The van der Waals surface area contributed by atoms with Gasteiger partial charge >= 0.3 is 0 Å². The van der Waals surface area contributed by atoms with Gasteiger partial charge in [0.1, 0.15) is 5.76 Å². The lowest BCUT2D eigenvalue weighted by Gasteiger charge is -1.90. The van der Waals surface area contributed by atoms with Crippen molar-refractivity contribution in [2.75, 3.05) is 0 Å². The first-order valence-corrected chi connectivity index (χ1v) is 4.89. The Hall–Kier alpha value is -1.94. The summed E-state index contributed by atoms with van der Waals surface area (Å²) in [6.45, 7) is 3.98. The summed E-state index contributed by atoms with van der Waals surface area (Å²) in [5.74, 6) is 7.65. The number of hydrogen-bond acceptors (Lipinski definition) is 1. The van der Waals surface area contributed by atoms with E-state index >= 15 is 0 Å². The van der Waals surface area contributed by atoms with Crippen LogP contribution in [0.5, 0.6) is 0 Å². The standard InChI is InChI=1S/C14H12O/c1-11-3-6-13(7-4-11)8-10-14-9-5-12(2)15-14/h3-7,9H,1-2H3. The zero-order valence-electron chi connectivity index (χ0n) is 8.87. The van der Waals surface area contributed by atoms with E-state index in [9.17, 15) is 0 Å². The van der Waals surface area contributed by atoms with Gasteiger partial charge in [-0.3, -0.25) is 0 Å². The van der Waals surface area contributed by atoms with E-state index < -0.39 is 0 Å². The highest BCUT2D eigenvalue weighted by molar-refractivity contribution is 5.40. The van der Waals surface area contributed by atoms with Crippen molar-refractivity contribution in [3.63, 3.8) is 0 Å². The van der Waals surface area contributed by atoms with Crippen LogP contribution < -0.4 is 0 Å². The maximum Gasteiger partial charge on any atom is 0.177 e. The van der Waals surface area contributed by atoms with Gasteiger partial charge in [-0.25, -0.2) is 0 Å². The predicted molar refractivity (Wildman–Crippen MR) is 60.6 cm³/mol. The molecule has 15 heavy (non-hydrogen) atoms. The second kappa shape index (κ2) is 4.06. The Balaban J connectivity index is 2.22. The van der Waals surface area contributed by atoms with E-state index in [0.717, 1.165) is 11.3 Å². The summed E-state index contributed by atoms with van der Waals surface area (Å²) in [6, 6.07) is 11.9. The molecule has 1 aromatic heterocycles. The van der Waals surface area contributed by atoms with Crippen molar-refractivity contribution < 1.29 is 4.42 Å². The third-order valence-electron chi connectivity index (χ3n) is 2.12. The second-order valence-electron chi connectivity index (χ2n) is 3.53. The topological polar surface area (TPSA) is 13.1 Å². The molecule has 0 fully saturated rings. The van der Waals surface area contributed by atoms with Crippen LogP contribution in [0.15, 0.2) is 40.8 Å². The lowest BCUT2D eigenvalue weighted by atomic mass is 10.1. The molecule has 1 nitrogen and oxygen atoms in total. The Morgan fingerprint density at radius 1 is 0.867 bits per heavy atom. The first kappa shape index (κ1) is 9.61.